The summed E-state index contributed by atoms with van der Waals surface area (Å²) < 4.78 is 10.6. The van der Waals surface area contributed by atoms with E-state index in [0.717, 1.165) is 44.9 Å². The molecule has 1 atom stereocenters. The molecule has 136 valence electrons. The van der Waals surface area contributed by atoms with E-state index in [0.29, 0.717) is 0 Å². The number of hydrogen-bond donors (Lipinski definition) is 0. The smallest absolute Gasteiger partial charge is 0.332 e. The van der Waals surface area contributed by atoms with Gasteiger partial charge in [0, 0.05) is 7.05 Å². The molecule has 5 heteroatoms. The van der Waals surface area contributed by atoms with E-state index in [-0.39, 0.29) is 31.3 Å². The van der Waals surface area contributed by atoms with Crippen LogP contribution in [0.1, 0.15) is 55.7 Å². The Kier molecular flexibility index (Phi) is 6.08. The van der Waals surface area contributed by atoms with Crippen molar-refractivity contribution in [1.29, 1.82) is 0 Å². The summed E-state index contributed by atoms with van der Waals surface area (Å²) in [6, 6.07) is 8.32. The monoisotopic (exact) mass is 345 g/mol. The molecule has 0 heterocycles. The predicted octanol–water partition coefficient (Wildman–Crippen LogP) is 3.02. The molecule has 2 aliphatic carbocycles. The van der Waals surface area contributed by atoms with Crippen molar-refractivity contribution in [2.45, 2.75) is 57.1 Å². The van der Waals surface area contributed by atoms with Crippen LogP contribution in [0.5, 0.6) is 0 Å². The fourth-order valence-electron chi connectivity index (χ4n) is 3.83. The Morgan fingerprint density at radius 2 is 1.84 bits per heavy atom. The van der Waals surface area contributed by atoms with Gasteiger partial charge in [-0.2, -0.15) is 0 Å². The third-order valence-corrected chi connectivity index (χ3v) is 5.29. The van der Waals surface area contributed by atoms with Crippen molar-refractivity contribution < 1.29 is 19.1 Å². The van der Waals surface area contributed by atoms with E-state index in [2.05, 4.69) is 12.1 Å². The number of fused-ring (bicyclic) bond motifs is 1. The maximum Gasteiger partial charge on any atom is 0.332 e. The summed E-state index contributed by atoms with van der Waals surface area (Å²) in [5.74, 6) is -0.631. The minimum Gasteiger partial charge on any atom is -0.454 e. The molecule has 0 aliphatic heterocycles. The van der Waals surface area contributed by atoms with E-state index < -0.39 is 5.97 Å². The van der Waals surface area contributed by atoms with Crippen LogP contribution in [0.2, 0.25) is 0 Å². The minimum absolute atomic E-state index is 0.0610. The van der Waals surface area contributed by atoms with Gasteiger partial charge in [0.2, 0.25) is 0 Å². The van der Waals surface area contributed by atoms with Crippen molar-refractivity contribution in [2.24, 2.45) is 0 Å². The molecule has 0 spiro atoms. The zero-order valence-corrected chi connectivity index (χ0v) is 14.9. The van der Waals surface area contributed by atoms with Gasteiger partial charge < -0.3 is 14.4 Å². The third-order valence-electron chi connectivity index (χ3n) is 5.29. The maximum atomic E-state index is 12.4. The highest BCUT2D eigenvalue weighted by atomic mass is 16.6. The summed E-state index contributed by atoms with van der Waals surface area (Å²) in [6.07, 6.45) is 7.57. The molecule has 2 aliphatic rings. The molecule has 1 fully saturated rings. The fraction of sp³-hybridized carbons (Fsp3) is 0.600. The van der Waals surface area contributed by atoms with Gasteiger partial charge in [-0.3, -0.25) is 4.79 Å². The number of likely N-dealkylation sites (N-methyl/N-ethyl adjacent to an activating group) is 1. The van der Waals surface area contributed by atoms with Crippen molar-refractivity contribution >= 4 is 11.9 Å². The lowest BCUT2D eigenvalue weighted by atomic mass is 9.87. The van der Waals surface area contributed by atoms with Crippen LogP contribution in [0.15, 0.2) is 24.3 Å². The second-order valence-corrected chi connectivity index (χ2v) is 6.99. The van der Waals surface area contributed by atoms with Crippen LogP contribution in [0.25, 0.3) is 0 Å². The standard InChI is InChI=1S/C20H27NO4/c1-21(18-12-6-8-15-7-2-5-11-17(15)18)19(22)13-25-20(23)14-24-16-9-3-4-10-16/h2,5,7,11,16,18H,3-4,6,8-10,12-14H2,1H3. The number of rotatable bonds is 6. The van der Waals surface area contributed by atoms with Crippen molar-refractivity contribution in [1.82, 2.24) is 4.90 Å². The highest BCUT2D eigenvalue weighted by molar-refractivity contribution is 5.81. The number of benzene rings is 1. The van der Waals surface area contributed by atoms with Crippen LogP contribution in [0.4, 0.5) is 0 Å². The second-order valence-electron chi connectivity index (χ2n) is 6.99. The summed E-state index contributed by atoms with van der Waals surface area (Å²) >= 11 is 0. The summed E-state index contributed by atoms with van der Waals surface area (Å²) in [4.78, 5) is 25.9. The van der Waals surface area contributed by atoms with Crippen LogP contribution in [-0.2, 0) is 25.5 Å². The van der Waals surface area contributed by atoms with Crippen molar-refractivity contribution in [3.63, 3.8) is 0 Å². The second kappa shape index (κ2) is 8.48. The number of nitrogens with zero attached hydrogens (tertiary/aromatic N) is 1. The van der Waals surface area contributed by atoms with E-state index in [1.54, 1.807) is 11.9 Å². The third kappa shape index (κ3) is 4.60. The maximum absolute atomic E-state index is 12.4. The van der Waals surface area contributed by atoms with Crippen LogP contribution in [-0.4, -0.2) is 43.1 Å². The number of carbonyl (C=O) groups is 2. The number of hydrogen-bond acceptors (Lipinski definition) is 4. The van der Waals surface area contributed by atoms with E-state index >= 15 is 0 Å². The topological polar surface area (TPSA) is 55.8 Å². The SMILES string of the molecule is CN(C(=O)COC(=O)COC1CCCC1)C1CCCc2ccccc21. The molecule has 5 nitrogen and oxygen atoms in total. The van der Waals surface area contributed by atoms with Gasteiger partial charge in [-0.15, -0.1) is 0 Å². The Labute approximate surface area is 149 Å². The van der Waals surface area contributed by atoms with Crippen molar-refractivity contribution in [3.8, 4) is 0 Å². The van der Waals surface area contributed by atoms with Crippen LogP contribution < -0.4 is 0 Å². The summed E-state index contributed by atoms with van der Waals surface area (Å²) in [5, 5.41) is 0. The molecule has 0 N–H and O–H groups in total. The molecule has 3 rings (SSSR count). The van der Waals surface area contributed by atoms with E-state index in [1.807, 2.05) is 12.1 Å². The summed E-state index contributed by atoms with van der Waals surface area (Å²) in [6.45, 7) is -0.282. The molecule has 1 unspecified atom stereocenters. The Morgan fingerprint density at radius 1 is 1.08 bits per heavy atom. The molecule has 1 aromatic carbocycles. The summed E-state index contributed by atoms with van der Waals surface area (Å²) in [5.41, 5.74) is 2.51. The Hall–Kier alpha value is -1.88. The van der Waals surface area contributed by atoms with Gasteiger partial charge in [0.05, 0.1) is 12.1 Å². The number of carbonyl (C=O) groups excluding carboxylic acids is 2. The number of ether oxygens (including phenoxy) is 2. The molecule has 25 heavy (non-hydrogen) atoms. The molecule has 1 aromatic rings. The van der Waals surface area contributed by atoms with Gasteiger partial charge in [0.25, 0.3) is 5.91 Å². The van der Waals surface area contributed by atoms with Crippen molar-refractivity contribution in [3.05, 3.63) is 35.4 Å². The van der Waals surface area contributed by atoms with Gasteiger partial charge in [-0.1, -0.05) is 37.1 Å². The van der Waals surface area contributed by atoms with Gasteiger partial charge in [-0.05, 0) is 43.2 Å². The molecule has 1 amide bonds. The van der Waals surface area contributed by atoms with E-state index in [9.17, 15) is 9.59 Å². The lowest BCUT2D eigenvalue weighted by Crippen LogP contribution is -2.36. The Balaban J connectivity index is 1.47. The molecular weight excluding hydrogens is 318 g/mol. The molecule has 0 aromatic heterocycles. The summed E-state index contributed by atoms with van der Waals surface area (Å²) in [7, 11) is 1.79. The first-order chi connectivity index (χ1) is 12.1. The first-order valence-corrected chi connectivity index (χ1v) is 9.26. The molecule has 1 saturated carbocycles. The van der Waals surface area contributed by atoms with Gasteiger partial charge >= 0.3 is 5.97 Å². The minimum atomic E-state index is -0.460. The van der Waals surface area contributed by atoms with E-state index in [1.165, 1.54) is 11.1 Å². The normalized spacial score (nSPS) is 20.1. The Bertz CT molecular complexity index is 609. The van der Waals surface area contributed by atoms with Crippen LogP contribution >= 0.6 is 0 Å². The predicted molar refractivity (Wildman–Crippen MR) is 94.1 cm³/mol. The highest BCUT2D eigenvalue weighted by Crippen LogP contribution is 2.33. The average molecular weight is 345 g/mol. The fourth-order valence-corrected chi connectivity index (χ4v) is 3.83. The van der Waals surface area contributed by atoms with Gasteiger partial charge in [0.1, 0.15) is 6.61 Å². The lowest BCUT2D eigenvalue weighted by Gasteiger charge is -2.33. The largest absolute Gasteiger partial charge is 0.454 e. The van der Waals surface area contributed by atoms with Crippen LogP contribution in [0.3, 0.4) is 0 Å². The van der Waals surface area contributed by atoms with Crippen LogP contribution in [0, 0.1) is 0 Å². The van der Waals surface area contributed by atoms with Crippen molar-refractivity contribution in [2.75, 3.05) is 20.3 Å². The molecule has 0 bridgehead atoms. The number of amides is 1. The van der Waals surface area contributed by atoms with E-state index in [4.69, 9.17) is 9.47 Å². The highest BCUT2D eigenvalue weighted by Gasteiger charge is 2.27. The van der Waals surface area contributed by atoms with Gasteiger partial charge in [-0.25, -0.2) is 4.79 Å². The Morgan fingerprint density at radius 3 is 2.64 bits per heavy atom. The number of aryl methyl sites for hydroxylation is 1. The average Bonchev–Trinajstić information content (AvgIpc) is 3.17. The lowest BCUT2D eigenvalue weighted by molar-refractivity contribution is -0.157. The quantitative estimate of drug-likeness (QED) is 0.744. The number of esters is 1. The zero-order chi connectivity index (χ0) is 17.6. The first-order valence-electron chi connectivity index (χ1n) is 9.26. The zero-order valence-electron chi connectivity index (χ0n) is 14.9. The molecule has 0 radical (unpaired) electrons. The van der Waals surface area contributed by atoms with Gasteiger partial charge in [0.15, 0.2) is 6.61 Å². The first kappa shape index (κ1) is 17.9. The molecular formula is C20H27NO4. The molecule has 0 saturated heterocycles.